The van der Waals surface area contributed by atoms with Gasteiger partial charge in [-0.2, -0.15) is 0 Å². The van der Waals surface area contributed by atoms with Crippen molar-refractivity contribution in [3.05, 3.63) is 23.1 Å². The number of aromatic nitrogens is 1. The molecule has 3 N–H and O–H groups in total. The van der Waals surface area contributed by atoms with Crippen LogP contribution in [0.5, 0.6) is 0 Å². The summed E-state index contributed by atoms with van der Waals surface area (Å²) in [6.45, 7) is 0. The average Bonchev–Trinajstić information content (AvgIpc) is 2.10. The highest BCUT2D eigenvalue weighted by Gasteiger charge is 2.22. The predicted molar refractivity (Wildman–Crippen MR) is 44.9 cm³/mol. The molecule has 4 nitrogen and oxygen atoms in total. The highest BCUT2D eigenvalue weighted by Crippen LogP contribution is 2.28. The average molecular weight is 220 g/mol. The first-order valence-electron chi connectivity index (χ1n) is 3.86. The third-order valence-electron chi connectivity index (χ3n) is 1.75. The van der Waals surface area contributed by atoms with Crippen molar-refractivity contribution in [2.75, 3.05) is 5.73 Å². The minimum atomic E-state index is -3.12. The van der Waals surface area contributed by atoms with Gasteiger partial charge in [-0.1, -0.05) is 0 Å². The topological polar surface area (TPSA) is 76.2 Å². The standard InChI is InChI=1S/C8H7F3N2O2/c9-4-2-13-8(12)3(1-5(14)15)6(4)7(10)11/h2,7H,1H2,(H2,12,13)(H,14,15). The number of alkyl halides is 2. The van der Waals surface area contributed by atoms with Crippen LogP contribution in [0.4, 0.5) is 19.0 Å². The summed E-state index contributed by atoms with van der Waals surface area (Å²) >= 11 is 0. The molecule has 1 aromatic heterocycles. The van der Waals surface area contributed by atoms with Crippen LogP contribution in [-0.2, 0) is 11.2 Å². The van der Waals surface area contributed by atoms with Gasteiger partial charge in [0.15, 0.2) is 5.82 Å². The van der Waals surface area contributed by atoms with Gasteiger partial charge < -0.3 is 10.8 Å². The van der Waals surface area contributed by atoms with E-state index in [2.05, 4.69) is 4.98 Å². The fourth-order valence-corrected chi connectivity index (χ4v) is 1.13. The number of nitrogens with zero attached hydrogens (tertiary/aromatic N) is 1. The van der Waals surface area contributed by atoms with Crippen molar-refractivity contribution in [3.8, 4) is 0 Å². The van der Waals surface area contributed by atoms with Gasteiger partial charge in [0.05, 0.1) is 18.2 Å². The zero-order chi connectivity index (χ0) is 11.6. The second-order valence-electron chi connectivity index (χ2n) is 2.75. The second-order valence-corrected chi connectivity index (χ2v) is 2.75. The molecule has 0 saturated heterocycles. The molecule has 1 heterocycles. The Morgan fingerprint density at radius 3 is 2.67 bits per heavy atom. The Labute approximate surface area is 82.5 Å². The Morgan fingerprint density at radius 1 is 1.60 bits per heavy atom. The van der Waals surface area contributed by atoms with E-state index in [1.807, 2.05) is 0 Å². The van der Waals surface area contributed by atoms with Crippen LogP contribution in [-0.4, -0.2) is 16.1 Å². The predicted octanol–water partition coefficient (Wildman–Crippen LogP) is 1.37. The molecule has 82 valence electrons. The highest BCUT2D eigenvalue weighted by molar-refractivity contribution is 5.73. The number of carboxylic acid groups (broad SMARTS) is 1. The van der Waals surface area contributed by atoms with Crippen molar-refractivity contribution >= 4 is 11.8 Å². The van der Waals surface area contributed by atoms with Crippen LogP contribution in [0.25, 0.3) is 0 Å². The minimum Gasteiger partial charge on any atom is -0.481 e. The molecule has 0 spiro atoms. The molecule has 0 aliphatic heterocycles. The number of aliphatic carboxylic acids is 1. The minimum absolute atomic E-state index is 0.394. The van der Waals surface area contributed by atoms with E-state index < -0.39 is 41.6 Å². The van der Waals surface area contributed by atoms with Crippen LogP contribution in [0.1, 0.15) is 17.6 Å². The summed E-state index contributed by atoms with van der Waals surface area (Å²) in [5.74, 6) is -3.03. The first kappa shape index (κ1) is 11.3. The van der Waals surface area contributed by atoms with Crippen molar-refractivity contribution < 1.29 is 23.1 Å². The number of anilines is 1. The SMILES string of the molecule is Nc1ncc(F)c(C(F)F)c1CC(=O)O. The first-order valence-corrected chi connectivity index (χ1v) is 3.86. The molecule has 0 fully saturated rings. The van der Waals surface area contributed by atoms with Gasteiger partial charge >= 0.3 is 5.97 Å². The van der Waals surface area contributed by atoms with Gasteiger partial charge in [-0.3, -0.25) is 4.79 Å². The Kier molecular flexibility index (Phi) is 3.13. The summed E-state index contributed by atoms with van der Waals surface area (Å²) in [7, 11) is 0. The van der Waals surface area contributed by atoms with E-state index in [0.29, 0.717) is 6.20 Å². The van der Waals surface area contributed by atoms with Gasteiger partial charge in [0.1, 0.15) is 5.82 Å². The molecule has 0 radical (unpaired) electrons. The monoisotopic (exact) mass is 220 g/mol. The van der Waals surface area contributed by atoms with Gasteiger partial charge in [0.25, 0.3) is 6.43 Å². The van der Waals surface area contributed by atoms with Gasteiger partial charge in [-0.05, 0) is 0 Å². The van der Waals surface area contributed by atoms with Gasteiger partial charge in [-0.15, -0.1) is 0 Å². The molecular formula is C8H7F3N2O2. The number of rotatable bonds is 3. The molecule has 0 atom stereocenters. The van der Waals surface area contributed by atoms with E-state index in [1.54, 1.807) is 0 Å². The highest BCUT2D eigenvalue weighted by atomic mass is 19.3. The summed E-state index contributed by atoms with van der Waals surface area (Å²) in [6, 6.07) is 0. The Hall–Kier alpha value is -1.79. The van der Waals surface area contributed by atoms with E-state index in [1.165, 1.54) is 0 Å². The van der Waals surface area contributed by atoms with E-state index in [-0.39, 0.29) is 0 Å². The van der Waals surface area contributed by atoms with E-state index in [4.69, 9.17) is 10.8 Å². The quantitative estimate of drug-likeness (QED) is 0.806. The number of pyridine rings is 1. The van der Waals surface area contributed by atoms with E-state index in [9.17, 15) is 18.0 Å². The summed E-state index contributed by atoms with van der Waals surface area (Å²) < 4.78 is 37.7. The molecule has 0 aromatic carbocycles. The fourth-order valence-electron chi connectivity index (χ4n) is 1.13. The van der Waals surface area contributed by atoms with Crippen LogP contribution in [0.2, 0.25) is 0 Å². The van der Waals surface area contributed by atoms with Crippen molar-refractivity contribution in [2.24, 2.45) is 0 Å². The second kappa shape index (κ2) is 4.16. The van der Waals surface area contributed by atoms with Crippen LogP contribution >= 0.6 is 0 Å². The van der Waals surface area contributed by atoms with E-state index in [0.717, 1.165) is 0 Å². The zero-order valence-corrected chi connectivity index (χ0v) is 7.38. The zero-order valence-electron chi connectivity index (χ0n) is 7.38. The van der Waals surface area contributed by atoms with Crippen LogP contribution < -0.4 is 5.73 Å². The Balaban J connectivity index is 3.31. The number of carboxylic acids is 1. The molecule has 0 aliphatic rings. The molecule has 15 heavy (non-hydrogen) atoms. The molecule has 0 bridgehead atoms. The van der Waals surface area contributed by atoms with Gasteiger partial charge in [-0.25, -0.2) is 18.2 Å². The maximum absolute atomic E-state index is 12.9. The lowest BCUT2D eigenvalue weighted by atomic mass is 10.1. The van der Waals surface area contributed by atoms with Crippen molar-refractivity contribution in [2.45, 2.75) is 12.8 Å². The molecule has 1 rings (SSSR count). The summed E-state index contributed by atoms with van der Waals surface area (Å²) in [5, 5.41) is 8.44. The first-order chi connectivity index (χ1) is 6.93. The van der Waals surface area contributed by atoms with Crippen LogP contribution in [0.3, 0.4) is 0 Å². The number of hydrogen-bond donors (Lipinski definition) is 2. The van der Waals surface area contributed by atoms with Crippen LogP contribution in [0, 0.1) is 5.82 Å². The molecule has 0 amide bonds. The molecule has 0 unspecified atom stereocenters. The normalized spacial score (nSPS) is 10.7. The third kappa shape index (κ3) is 2.36. The summed E-state index contributed by atoms with van der Waals surface area (Å²) in [5.41, 5.74) is 3.73. The smallest absolute Gasteiger partial charge is 0.307 e. The van der Waals surface area contributed by atoms with Crippen LogP contribution in [0.15, 0.2) is 6.20 Å². The summed E-state index contributed by atoms with van der Waals surface area (Å²) in [6.07, 6.45) is -3.36. The summed E-state index contributed by atoms with van der Waals surface area (Å²) in [4.78, 5) is 13.6. The van der Waals surface area contributed by atoms with E-state index >= 15 is 0 Å². The number of halogens is 3. The molecule has 7 heteroatoms. The number of carbonyl (C=O) groups is 1. The Bertz CT molecular complexity index is 396. The maximum Gasteiger partial charge on any atom is 0.307 e. The lowest BCUT2D eigenvalue weighted by molar-refractivity contribution is -0.136. The number of nitrogen functional groups attached to an aromatic ring is 1. The molecule has 0 saturated carbocycles. The largest absolute Gasteiger partial charge is 0.481 e. The molecular weight excluding hydrogens is 213 g/mol. The lowest BCUT2D eigenvalue weighted by Crippen LogP contribution is -2.11. The lowest BCUT2D eigenvalue weighted by Gasteiger charge is -2.09. The molecule has 1 aromatic rings. The molecule has 0 aliphatic carbocycles. The van der Waals surface area contributed by atoms with Gasteiger partial charge in [0.2, 0.25) is 0 Å². The third-order valence-corrected chi connectivity index (χ3v) is 1.75. The fraction of sp³-hybridized carbons (Fsp3) is 0.250. The van der Waals surface area contributed by atoms with Crippen molar-refractivity contribution in [1.82, 2.24) is 4.98 Å². The van der Waals surface area contributed by atoms with Crippen molar-refractivity contribution in [3.63, 3.8) is 0 Å². The number of hydrogen-bond acceptors (Lipinski definition) is 3. The maximum atomic E-state index is 12.9. The van der Waals surface area contributed by atoms with Crippen molar-refractivity contribution in [1.29, 1.82) is 0 Å². The van der Waals surface area contributed by atoms with Gasteiger partial charge in [0, 0.05) is 5.56 Å². The Morgan fingerprint density at radius 2 is 2.20 bits per heavy atom. The number of nitrogens with two attached hydrogens (primary N) is 1.